The fourth-order valence-electron chi connectivity index (χ4n) is 1.92. The van der Waals surface area contributed by atoms with Gasteiger partial charge in [-0.05, 0) is 24.1 Å². The van der Waals surface area contributed by atoms with Gasteiger partial charge in [-0.15, -0.1) is 0 Å². The molecule has 0 spiro atoms. The number of nitrogens with zero attached hydrogens (tertiary/aromatic N) is 1. The number of allylic oxidation sites excluding steroid dienone is 2. The number of fused-ring (bicyclic) bond motifs is 3. The molecule has 0 aromatic heterocycles. The highest BCUT2D eigenvalue weighted by Gasteiger charge is 2.19. The minimum absolute atomic E-state index is 1.02. The summed E-state index contributed by atoms with van der Waals surface area (Å²) in [5, 5.41) is 0. The lowest BCUT2D eigenvalue weighted by Crippen LogP contribution is -2.64. The molecule has 1 aromatic rings. The Balaban J connectivity index is 2.15. The van der Waals surface area contributed by atoms with Gasteiger partial charge >= 0.3 is 0 Å². The van der Waals surface area contributed by atoms with Crippen molar-refractivity contribution in [2.24, 2.45) is 0 Å². The molecule has 2 aliphatic heterocycles. The van der Waals surface area contributed by atoms with Crippen molar-refractivity contribution >= 4 is 11.9 Å². The van der Waals surface area contributed by atoms with E-state index < -0.39 is 0 Å². The van der Waals surface area contributed by atoms with Crippen LogP contribution in [-0.2, 0) is 6.42 Å². The highest BCUT2D eigenvalue weighted by atomic mass is 15.2. The number of anilines is 1. The first kappa shape index (κ1) is 7.56. The van der Waals surface area contributed by atoms with Crippen LogP contribution in [-0.4, -0.2) is 6.21 Å². The number of nitrogens with one attached hydrogen (secondary N) is 1. The number of benzene rings is 1. The third-order valence-corrected chi connectivity index (χ3v) is 2.61. The molecule has 0 unspecified atom stereocenters. The van der Waals surface area contributed by atoms with Crippen molar-refractivity contribution in [2.45, 2.75) is 6.42 Å². The van der Waals surface area contributed by atoms with E-state index in [0.29, 0.717) is 0 Å². The second-order valence-corrected chi connectivity index (χ2v) is 3.46. The highest BCUT2D eigenvalue weighted by Crippen LogP contribution is 2.28. The first-order chi connectivity index (χ1) is 6.95. The molecule has 1 aromatic carbocycles. The van der Waals surface area contributed by atoms with Crippen molar-refractivity contribution in [1.29, 1.82) is 0 Å². The van der Waals surface area contributed by atoms with Crippen molar-refractivity contribution < 1.29 is 4.99 Å². The largest absolute Gasteiger partial charge is 0.306 e. The summed E-state index contributed by atoms with van der Waals surface area (Å²) >= 11 is 0. The van der Waals surface area contributed by atoms with E-state index in [2.05, 4.69) is 46.4 Å². The van der Waals surface area contributed by atoms with Gasteiger partial charge in [0.05, 0.1) is 6.20 Å². The maximum absolute atomic E-state index is 3.10. The van der Waals surface area contributed by atoms with Gasteiger partial charge in [0.1, 0.15) is 5.70 Å². The second-order valence-electron chi connectivity index (χ2n) is 3.46. The standard InChI is InChI=1S/C12H10N2/c1-2-4-12-10(3-1)5-6-11-9-13-7-8-14(11)12/h1-4,6-9H,5H2/p+1. The molecule has 0 radical (unpaired) electrons. The molecule has 14 heavy (non-hydrogen) atoms. The molecule has 68 valence electrons. The van der Waals surface area contributed by atoms with Gasteiger partial charge in [-0.1, -0.05) is 18.2 Å². The van der Waals surface area contributed by atoms with Gasteiger partial charge in [-0.2, -0.15) is 0 Å². The Morgan fingerprint density at radius 3 is 3.14 bits per heavy atom. The molecule has 0 saturated heterocycles. The summed E-state index contributed by atoms with van der Waals surface area (Å²) in [6.07, 6.45) is 9.28. The Morgan fingerprint density at radius 2 is 2.14 bits per heavy atom. The Kier molecular flexibility index (Phi) is 1.53. The number of para-hydroxylation sites is 1. The summed E-state index contributed by atoms with van der Waals surface area (Å²) in [6, 6.07) is 8.51. The van der Waals surface area contributed by atoms with Crippen molar-refractivity contribution in [2.75, 3.05) is 4.90 Å². The van der Waals surface area contributed by atoms with E-state index in [0.717, 1.165) is 6.42 Å². The van der Waals surface area contributed by atoms with Crippen LogP contribution in [0.15, 0.2) is 48.4 Å². The van der Waals surface area contributed by atoms with Gasteiger partial charge in [0, 0.05) is 5.69 Å². The topological polar surface area (TPSA) is 17.2 Å². The van der Waals surface area contributed by atoms with Crippen LogP contribution in [0.4, 0.5) is 5.69 Å². The summed E-state index contributed by atoms with van der Waals surface area (Å²) in [6.45, 7) is 0. The molecule has 2 heterocycles. The number of hydrogen-bond donors (Lipinski definition) is 1. The maximum atomic E-state index is 3.10. The predicted molar refractivity (Wildman–Crippen MR) is 56.9 cm³/mol. The van der Waals surface area contributed by atoms with Crippen LogP contribution in [0.1, 0.15) is 5.56 Å². The van der Waals surface area contributed by atoms with Gasteiger partial charge in [0.25, 0.3) is 0 Å². The van der Waals surface area contributed by atoms with Gasteiger partial charge < -0.3 is 4.90 Å². The Labute approximate surface area is 82.9 Å². The lowest BCUT2D eigenvalue weighted by Gasteiger charge is -2.26. The van der Waals surface area contributed by atoms with Crippen LogP contribution >= 0.6 is 0 Å². The van der Waals surface area contributed by atoms with E-state index >= 15 is 0 Å². The van der Waals surface area contributed by atoms with Crippen LogP contribution in [0.25, 0.3) is 0 Å². The molecular formula is C12H11N2+. The molecule has 0 aliphatic carbocycles. The molecule has 0 saturated carbocycles. The van der Waals surface area contributed by atoms with E-state index in [9.17, 15) is 0 Å². The van der Waals surface area contributed by atoms with Crippen molar-refractivity contribution in [3.05, 3.63) is 54.0 Å². The van der Waals surface area contributed by atoms with E-state index in [4.69, 9.17) is 0 Å². The molecule has 0 amide bonds. The van der Waals surface area contributed by atoms with Crippen molar-refractivity contribution in [3.63, 3.8) is 0 Å². The molecule has 3 rings (SSSR count). The monoisotopic (exact) mass is 183 g/mol. The van der Waals surface area contributed by atoms with Crippen LogP contribution in [0.5, 0.6) is 0 Å². The summed E-state index contributed by atoms with van der Waals surface area (Å²) < 4.78 is 0. The van der Waals surface area contributed by atoms with E-state index in [1.54, 1.807) is 0 Å². The SMILES string of the molecule is C1=CN2C(=CCc3ccccc32)C=[NH+]1. The maximum Gasteiger partial charge on any atom is 0.191 e. The molecular weight excluding hydrogens is 172 g/mol. The van der Waals surface area contributed by atoms with Crippen molar-refractivity contribution in [3.8, 4) is 0 Å². The highest BCUT2D eigenvalue weighted by molar-refractivity contribution is 5.85. The average Bonchev–Trinajstić information content (AvgIpc) is 2.29. The van der Waals surface area contributed by atoms with Gasteiger partial charge in [0.2, 0.25) is 0 Å². The zero-order valence-corrected chi connectivity index (χ0v) is 7.77. The van der Waals surface area contributed by atoms with Crippen LogP contribution in [0, 0.1) is 0 Å². The molecule has 2 nitrogen and oxygen atoms in total. The summed E-state index contributed by atoms with van der Waals surface area (Å²) in [4.78, 5) is 5.30. The minimum Gasteiger partial charge on any atom is -0.306 e. The van der Waals surface area contributed by atoms with E-state index in [1.165, 1.54) is 16.9 Å². The lowest BCUT2D eigenvalue weighted by molar-refractivity contribution is -0.367. The summed E-state index contributed by atoms with van der Waals surface area (Å²) in [7, 11) is 0. The van der Waals surface area contributed by atoms with E-state index in [-0.39, 0.29) is 0 Å². The van der Waals surface area contributed by atoms with Gasteiger partial charge in [-0.3, -0.25) is 0 Å². The number of hydrogen-bond acceptors (Lipinski definition) is 1. The Morgan fingerprint density at radius 1 is 1.21 bits per heavy atom. The third-order valence-electron chi connectivity index (χ3n) is 2.61. The van der Waals surface area contributed by atoms with Gasteiger partial charge in [0.15, 0.2) is 12.4 Å². The minimum atomic E-state index is 1.02. The Hall–Kier alpha value is -1.83. The Bertz CT molecular complexity index is 455. The van der Waals surface area contributed by atoms with Gasteiger partial charge in [-0.25, -0.2) is 4.99 Å². The zero-order chi connectivity index (χ0) is 9.38. The van der Waals surface area contributed by atoms with Crippen LogP contribution < -0.4 is 9.89 Å². The first-order valence-electron chi connectivity index (χ1n) is 4.78. The molecule has 2 aliphatic rings. The third kappa shape index (κ3) is 1.01. The van der Waals surface area contributed by atoms with E-state index in [1.807, 2.05) is 12.4 Å². The van der Waals surface area contributed by atoms with Crippen molar-refractivity contribution in [1.82, 2.24) is 0 Å². The zero-order valence-electron chi connectivity index (χ0n) is 7.77. The normalized spacial score (nSPS) is 17.4. The average molecular weight is 183 g/mol. The molecule has 0 atom stereocenters. The van der Waals surface area contributed by atoms with Crippen LogP contribution in [0.2, 0.25) is 0 Å². The quantitative estimate of drug-likeness (QED) is 0.622. The molecule has 1 N–H and O–H groups in total. The smallest absolute Gasteiger partial charge is 0.191 e. The summed E-state index contributed by atoms with van der Waals surface area (Å²) in [5.41, 5.74) is 3.90. The molecule has 0 fully saturated rings. The lowest BCUT2D eigenvalue weighted by atomic mass is 10.0. The predicted octanol–water partition coefficient (Wildman–Crippen LogP) is 0.569. The van der Waals surface area contributed by atoms with Crippen LogP contribution in [0.3, 0.4) is 0 Å². The summed E-state index contributed by atoms with van der Waals surface area (Å²) in [5.74, 6) is 0. The fraction of sp³-hybridized carbons (Fsp3) is 0.0833. The first-order valence-corrected chi connectivity index (χ1v) is 4.78. The fourth-order valence-corrected chi connectivity index (χ4v) is 1.92. The molecule has 2 heteroatoms. The number of rotatable bonds is 0. The molecule has 0 bridgehead atoms. The second kappa shape index (κ2) is 2.84.